The Bertz CT molecular complexity index is 236. The molecule has 1 aliphatic heterocycles. The Balaban J connectivity index is 2.64. The fourth-order valence-electron chi connectivity index (χ4n) is 2.00. The summed E-state index contributed by atoms with van der Waals surface area (Å²) in [5, 5.41) is 0. The molecule has 1 aliphatic rings. The first kappa shape index (κ1) is 11.0. The highest BCUT2D eigenvalue weighted by Gasteiger charge is 2.35. The Labute approximate surface area is 84.4 Å². The zero-order valence-corrected chi connectivity index (χ0v) is 8.82. The summed E-state index contributed by atoms with van der Waals surface area (Å²) < 4.78 is 0. The lowest BCUT2D eigenvalue weighted by molar-refractivity contribution is -0.130. The number of carbonyl (C=O) groups excluding carboxylic acids is 2. The standard InChI is InChI=1S/C10H18N2O2/c1-3-8(4-2)12-6-7(10(11)14)5-9(12)13/h7-8H,3-6H2,1-2H3,(H2,11,14)/t7-/m1/s1. The van der Waals surface area contributed by atoms with Gasteiger partial charge in [-0.3, -0.25) is 9.59 Å². The molecule has 0 aromatic heterocycles. The second-order valence-corrected chi connectivity index (χ2v) is 3.82. The third-order valence-corrected chi connectivity index (χ3v) is 2.94. The quantitative estimate of drug-likeness (QED) is 0.715. The van der Waals surface area contributed by atoms with Crippen LogP contribution in [0.4, 0.5) is 0 Å². The average Bonchev–Trinajstić information content (AvgIpc) is 2.51. The molecule has 2 amide bonds. The Kier molecular flexibility index (Phi) is 3.49. The molecular weight excluding hydrogens is 180 g/mol. The number of hydrogen-bond donors (Lipinski definition) is 1. The van der Waals surface area contributed by atoms with Crippen LogP contribution in [0.25, 0.3) is 0 Å². The van der Waals surface area contributed by atoms with Crippen LogP contribution < -0.4 is 5.73 Å². The van der Waals surface area contributed by atoms with Gasteiger partial charge in [-0.15, -0.1) is 0 Å². The van der Waals surface area contributed by atoms with Gasteiger partial charge in [0.15, 0.2) is 0 Å². The number of hydrogen-bond acceptors (Lipinski definition) is 2. The van der Waals surface area contributed by atoms with E-state index in [1.807, 2.05) is 0 Å². The minimum atomic E-state index is -0.355. The van der Waals surface area contributed by atoms with Gasteiger partial charge in [0.2, 0.25) is 11.8 Å². The van der Waals surface area contributed by atoms with Crippen molar-refractivity contribution in [1.29, 1.82) is 0 Å². The summed E-state index contributed by atoms with van der Waals surface area (Å²) in [6.45, 7) is 4.62. The van der Waals surface area contributed by atoms with E-state index in [9.17, 15) is 9.59 Å². The van der Waals surface area contributed by atoms with Crippen LogP contribution in [0, 0.1) is 5.92 Å². The highest BCUT2D eigenvalue weighted by molar-refractivity contribution is 5.88. The topological polar surface area (TPSA) is 63.4 Å². The van der Waals surface area contributed by atoms with Crippen LogP contribution in [0.3, 0.4) is 0 Å². The second-order valence-electron chi connectivity index (χ2n) is 3.82. The molecule has 0 spiro atoms. The van der Waals surface area contributed by atoms with Crippen molar-refractivity contribution in [3.8, 4) is 0 Å². The molecule has 0 aliphatic carbocycles. The second kappa shape index (κ2) is 4.44. The van der Waals surface area contributed by atoms with Gasteiger partial charge >= 0.3 is 0 Å². The minimum Gasteiger partial charge on any atom is -0.369 e. The lowest BCUT2D eigenvalue weighted by atomic mass is 10.1. The maximum atomic E-state index is 11.6. The van der Waals surface area contributed by atoms with Crippen molar-refractivity contribution in [3.63, 3.8) is 0 Å². The monoisotopic (exact) mass is 198 g/mol. The van der Waals surface area contributed by atoms with Crippen molar-refractivity contribution in [3.05, 3.63) is 0 Å². The molecule has 1 saturated heterocycles. The maximum absolute atomic E-state index is 11.6. The maximum Gasteiger partial charge on any atom is 0.223 e. The van der Waals surface area contributed by atoms with Gasteiger partial charge in [0.1, 0.15) is 0 Å². The zero-order chi connectivity index (χ0) is 10.7. The van der Waals surface area contributed by atoms with E-state index in [1.54, 1.807) is 4.90 Å². The van der Waals surface area contributed by atoms with E-state index >= 15 is 0 Å². The van der Waals surface area contributed by atoms with Crippen LogP contribution in [0.1, 0.15) is 33.1 Å². The largest absolute Gasteiger partial charge is 0.369 e. The molecule has 0 saturated carbocycles. The molecule has 4 nitrogen and oxygen atoms in total. The van der Waals surface area contributed by atoms with Gasteiger partial charge < -0.3 is 10.6 Å². The van der Waals surface area contributed by atoms with Crippen molar-refractivity contribution < 1.29 is 9.59 Å². The molecule has 1 atom stereocenters. The van der Waals surface area contributed by atoms with Crippen molar-refractivity contribution in [2.45, 2.75) is 39.2 Å². The summed E-state index contributed by atoms with van der Waals surface area (Å²) in [4.78, 5) is 24.3. The molecule has 1 fully saturated rings. The first-order valence-electron chi connectivity index (χ1n) is 5.18. The van der Waals surface area contributed by atoms with Crippen molar-refractivity contribution in [1.82, 2.24) is 4.90 Å². The van der Waals surface area contributed by atoms with Gasteiger partial charge in [-0.2, -0.15) is 0 Å². The van der Waals surface area contributed by atoms with Crippen LogP contribution in [-0.2, 0) is 9.59 Å². The SMILES string of the molecule is CCC(CC)N1C[C@H](C(N)=O)CC1=O. The summed E-state index contributed by atoms with van der Waals surface area (Å²) in [5.74, 6) is -0.558. The van der Waals surface area contributed by atoms with Crippen LogP contribution in [0.5, 0.6) is 0 Å². The molecular formula is C10H18N2O2. The van der Waals surface area contributed by atoms with Crippen molar-refractivity contribution in [2.24, 2.45) is 11.7 Å². The Morgan fingerprint density at radius 3 is 2.50 bits per heavy atom. The Hall–Kier alpha value is -1.06. The molecule has 0 radical (unpaired) electrons. The van der Waals surface area contributed by atoms with E-state index in [0.29, 0.717) is 13.0 Å². The van der Waals surface area contributed by atoms with Crippen LogP contribution in [-0.4, -0.2) is 29.3 Å². The molecule has 80 valence electrons. The molecule has 1 rings (SSSR count). The van der Waals surface area contributed by atoms with E-state index < -0.39 is 0 Å². The molecule has 2 N–H and O–H groups in total. The normalized spacial score (nSPS) is 22.1. The molecule has 14 heavy (non-hydrogen) atoms. The fraction of sp³-hybridized carbons (Fsp3) is 0.800. The number of rotatable bonds is 4. The van der Waals surface area contributed by atoms with E-state index in [4.69, 9.17) is 5.73 Å². The average molecular weight is 198 g/mol. The van der Waals surface area contributed by atoms with E-state index in [1.165, 1.54) is 0 Å². The number of primary amides is 1. The van der Waals surface area contributed by atoms with Gasteiger partial charge in [0.25, 0.3) is 0 Å². The van der Waals surface area contributed by atoms with E-state index in [0.717, 1.165) is 12.8 Å². The Morgan fingerprint density at radius 1 is 1.57 bits per heavy atom. The molecule has 1 heterocycles. The predicted octanol–water partition coefficient (Wildman–Crippen LogP) is 0.509. The minimum absolute atomic E-state index is 0.0718. The molecule has 4 heteroatoms. The van der Waals surface area contributed by atoms with E-state index in [2.05, 4.69) is 13.8 Å². The van der Waals surface area contributed by atoms with Crippen molar-refractivity contribution >= 4 is 11.8 Å². The fourth-order valence-corrected chi connectivity index (χ4v) is 2.00. The van der Waals surface area contributed by atoms with Gasteiger partial charge in [-0.05, 0) is 12.8 Å². The molecule has 0 aromatic rings. The van der Waals surface area contributed by atoms with E-state index in [-0.39, 0.29) is 23.8 Å². The zero-order valence-electron chi connectivity index (χ0n) is 8.82. The summed E-state index contributed by atoms with van der Waals surface area (Å²) in [6, 6.07) is 0.270. The van der Waals surface area contributed by atoms with Crippen molar-refractivity contribution in [2.75, 3.05) is 6.54 Å². The van der Waals surface area contributed by atoms with Crippen LogP contribution >= 0.6 is 0 Å². The van der Waals surface area contributed by atoms with Gasteiger partial charge in [-0.1, -0.05) is 13.8 Å². The molecule has 0 unspecified atom stereocenters. The summed E-state index contributed by atoms with van der Waals surface area (Å²) in [5.41, 5.74) is 5.19. The van der Waals surface area contributed by atoms with Crippen LogP contribution in [0.15, 0.2) is 0 Å². The summed E-state index contributed by atoms with van der Waals surface area (Å²) >= 11 is 0. The van der Waals surface area contributed by atoms with Gasteiger partial charge in [-0.25, -0.2) is 0 Å². The third-order valence-electron chi connectivity index (χ3n) is 2.94. The highest BCUT2D eigenvalue weighted by atomic mass is 16.2. The van der Waals surface area contributed by atoms with Crippen LogP contribution in [0.2, 0.25) is 0 Å². The predicted molar refractivity (Wildman–Crippen MR) is 53.4 cm³/mol. The third kappa shape index (κ3) is 2.05. The first-order valence-corrected chi connectivity index (χ1v) is 5.18. The number of carbonyl (C=O) groups is 2. The lowest BCUT2D eigenvalue weighted by Crippen LogP contribution is -2.36. The number of nitrogens with zero attached hydrogens (tertiary/aromatic N) is 1. The molecule has 0 bridgehead atoms. The first-order chi connectivity index (χ1) is 6.60. The number of amides is 2. The highest BCUT2D eigenvalue weighted by Crippen LogP contribution is 2.22. The smallest absolute Gasteiger partial charge is 0.223 e. The van der Waals surface area contributed by atoms with Gasteiger partial charge in [0, 0.05) is 19.0 Å². The lowest BCUT2D eigenvalue weighted by Gasteiger charge is -2.25. The Morgan fingerprint density at radius 2 is 2.14 bits per heavy atom. The molecule has 0 aromatic carbocycles. The number of nitrogens with two attached hydrogens (primary N) is 1. The summed E-state index contributed by atoms with van der Waals surface area (Å²) in [6.07, 6.45) is 2.17. The number of likely N-dealkylation sites (tertiary alicyclic amines) is 1. The summed E-state index contributed by atoms with van der Waals surface area (Å²) in [7, 11) is 0. The van der Waals surface area contributed by atoms with Gasteiger partial charge in [0.05, 0.1) is 5.92 Å².